The smallest absolute Gasteiger partial charge is 0.281 e. The topological polar surface area (TPSA) is 56.9 Å². The average Bonchev–Trinajstić information content (AvgIpc) is 2.99. The van der Waals surface area contributed by atoms with Gasteiger partial charge in [0.2, 0.25) is 0 Å². The average molecular weight is 293 g/mol. The predicted octanol–water partition coefficient (Wildman–Crippen LogP) is 3.04. The molecule has 22 heavy (non-hydrogen) atoms. The number of hydrogen-bond acceptors (Lipinski definition) is 2. The van der Waals surface area contributed by atoms with Crippen molar-refractivity contribution in [2.75, 3.05) is 6.54 Å². The van der Waals surface area contributed by atoms with E-state index in [0.717, 1.165) is 30.3 Å². The summed E-state index contributed by atoms with van der Waals surface area (Å²) in [6.07, 6.45) is 1.97. The van der Waals surface area contributed by atoms with Gasteiger partial charge in [-0.3, -0.25) is 10.2 Å². The number of H-pyrrole nitrogens is 1. The van der Waals surface area contributed by atoms with Crippen LogP contribution in [0.4, 0.5) is 0 Å². The molecule has 0 fully saturated rings. The van der Waals surface area contributed by atoms with Gasteiger partial charge in [0, 0.05) is 17.4 Å². The Morgan fingerprint density at radius 3 is 2.59 bits per heavy atom. The molecule has 1 heterocycles. The Bertz CT molecular complexity index is 716. The lowest BCUT2D eigenvalue weighted by molar-refractivity contribution is 0.0929. The first-order chi connectivity index (χ1) is 10.8. The van der Waals surface area contributed by atoms with Gasteiger partial charge in [0.1, 0.15) is 5.69 Å². The second-order valence-electron chi connectivity index (χ2n) is 5.24. The molecule has 1 aromatic heterocycles. The van der Waals surface area contributed by atoms with E-state index in [0.29, 0.717) is 5.69 Å². The maximum Gasteiger partial charge on any atom is 0.281 e. The van der Waals surface area contributed by atoms with Gasteiger partial charge < -0.3 is 4.98 Å². The molecule has 3 rings (SSSR count). The van der Waals surface area contributed by atoms with Crippen molar-refractivity contribution < 1.29 is 4.79 Å². The summed E-state index contributed by atoms with van der Waals surface area (Å²) in [7, 11) is 0. The monoisotopic (exact) mass is 293 g/mol. The Kier molecular flexibility index (Phi) is 4.51. The number of aromatic nitrogens is 1. The number of aryl methyl sites for hydroxylation is 1. The van der Waals surface area contributed by atoms with Gasteiger partial charge in [0.05, 0.1) is 0 Å². The maximum absolute atomic E-state index is 12.0. The van der Waals surface area contributed by atoms with Gasteiger partial charge in [-0.15, -0.1) is 0 Å². The van der Waals surface area contributed by atoms with E-state index in [9.17, 15) is 4.79 Å². The number of aromatic amines is 1. The minimum absolute atomic E-state index is 0.143. The van der Waals surface area contributed by atoms with Crippen LogP contribution in [0.2, 0.25) is 0 Å². The van der Waals surface area contributed by atoms with Gasteiger partial charge in [0.15, 0.2) is 0 Å². The summed E-state index contributed by atoms with van der Waals surface area (Å²) in [6, 6.07) is 20.0. The second kappa shape index (κ2) is 6.91. The molecule has 1 amide bonds. The molecule has 4 nitrogen and oxygen atoms in total. The highest BCUT2D eigenvalue weighted by molar-refractivity contribution is 5.97. The van der Waals surface area contributed by atoms with Crippen LogP contribution in [-0.4, -0.2) is 17.4 Å². The number of hydrogen-bond donors (Lipinski definition) is 3. The Balaban J connectivity index is 1.44. The second-order valence-corrected chi connectivity index (χ2v) is 5.24. The van der Waals surface area contributed by atoms with Gasteiger partial charge in [0.25, 0.3) is 5.91 Å². The SMILES string of the molecule is O=C(NNCCCc1ccccc1)c1cc2ccccc2[nH]1. The molecular formula is C18H19N3O. The third-order valence-corrected chi connectivity index (χ3v) is 3.59. The molecule has 112 valence electrons. The van der Waals surface area contributed by atoms with Crippen molar-refractivity contribution in [1.29, 1.82) is 0 Å². The molecule has 0 aliphatic rings. The van der Waals surface area contributed by atoms with Crippen LogP contribution in [0.25, 0.3) is 10.9 Å². The van der Waals surface area contributed by atoms with Crippen molar-refractivity contribution in [2.45, 2.75) is 12.8 Å². The van der Waals surface area contributed by atoms with Crippen LogP contribution in [0.1, 0.15) is 22.5 Å². The molecule has 0 saturated heterocycles. The number of benzene rings is 2. The number of fused-ring (bicyclic) bond motifs is 1. The summed E-state index contributed by atoms with van der Waals surface area (Å²) in [6.45, 7) is 0.737. The number of amides is 1. The number of para-hydroxylation sites is 1. The van der Waals surface area contributed by atoms with E-state index in [2.05, 4.69) is 28.0 Å². The fourth-order valence-electron chi connectivity index (χ4n) is 2.43. The number of carbonyl (C=O) groups is 1. The van der Waals surface area contributed by atoms with E-state index in [1.54, 1.807) is 0 Å². The molecule has 4 heteroatoms. The highest BCUT2D eigenvalue weighted by Gasteiger charge is 2.08. The van der Waals surface area contributed by atoms with Crippen LogP contribution in [0.5, 0.6) is 0 Å². The quantitative estimate of drug-likeness (QED) is 0.483. The molecule has 0 bridgehead atoms. The molecule has 0 saturated carbocycles. The van der Waals surface area contributed by atoms with Crippen LogP contribution in [0.15, 0.2) is 60.7 Å². The van der Waals surface area contributed by atoms with E-state index >= 15 is 0 Å². The normalized spacial score (nSPS) is 10.7. The number of nitrogens with one attached hydrogen (secondary N) is 3. The summed E-state index contributed by atoms with van der Waals surface area (Å²) in [5.41, 5.74) is 8.55. The summed E-state index contributed by atoms with van der Waals surface area (Å²) in [5.74, 6) is -0.143. The van der Waals surface area contributed by atoms with Gasteiger partial charge >= 0.3 is 0 Å². The zero-order valence-electron chi connectivity index (χ0n) is 12.3. The highest BCUT2D eigenvalue weighted by atomic mass is 16.2. The molecule has 2 aromatic carbocycles. The van der Waals surface area contributed by atoms with Gasteiger partial charge in [-0.05, 0) is 30.5 Å². The molecule has 0 aliphatic heterocycles. The molecule has 0 atom stereocenters. The van der Waals surface area contributed by atoms with E-state index in [4.69, 9.17) is 0 Å². The van der Waals surface area contributed by atoms with Crippen LogP contribution in [0, 0.1) is 0 Å². The first-order valence-corrected chi connectivity index (χ1v) is 7.48. The molecule has 3 aromatic rings. The standard InChI is InChI=1S/C18H19N3O/c22-18(17-13-15-10-4-5-11-16(15)20-17)21-19-12-6-9-14-7-2-1-3-8-14/h1-5,7-8,10-11,13,19-20H,6,9,12H2,(H,21,22). The molecule has 0 radical (unpaired) electrons. The van der Waals surface area contributed by atoms with Crippen molar-refractivity contribution in [3.05, 3.63) is 71.9 Å². The summed E-state index contributed by atoms with van der Waals surface area (Å²) in [4.78, 5) is 15.2. The largest absolute Gasteiger partial charge is 0.350 e. The number of hydrazine groups is 1. The van der Waals surface area contributed by atoms with Gasteiger partial charge in [-0.25, -0.2) is 5.43 Å². The minimum atomic E-state index is -0.143. The lowest BCUT2D eigenvalue weighted by Crippen LogP contribution is -2.38. The van der Waals surface area contributed by atoms with Crippen molar-refractivity contribution >= 4 is 16.8 Å². The van der Waals surface area contributed by atoms with Gasteiger partial charge in [-0.1, -0.05) is 48.5 Å². The van der Waals surface area contributed by atoms with Crippen LogP contribution >= 0.6 is 0 Å². The fourth-order valence-corrected chi connectivity index (χ4v) is 2.43. The zero-order chi connectivity index (χ0) is 15.2. The van der Waals surface area contributed by atoms with Crippen LogP contribution in [-0.2, 0) is 6.42 Å². The number of rotatable bonds is 6. The van der Waals surface area contributed by atoms with E-state index in [1.807, 2.05) is 48.5 Å². The first-order valence-electron chi connectivity index (χ1n) is 7.48. The Hall–Kier alpha value is -2.59. The summed E-state index contributed by atoms with van der Waals surface area (Å²) >= 11 is 0. The Morgan fingerprint density at radius 2 is 1.77 bits per heavy atom. The molecular weight excluding hydrogens is 274 g/mol. The molecule has 0 spiro atoms. The summed E-state index contributed by atoms with van der Waals surface area (Å²) < 4.78 is 0. The van der Waals surface area contributed by atoms with Crippen molar-refractivity contribution in [3.8, 4) is 0 Å². The van der Waals surface area contributed by atoms with Crippen molar-refractivity contribution in [3.63, 3.8) is 0 Å². The van der Waals surface area contributed by atoms with Crippen LogP contribution in [0.3, 0.4) is 0 Å². The molecule has 3 N–H and O–H groups in total. The number of carbonyl (C=O) groups excluding carboxylic acids is 1. The fraction of sp³-hybridized carbons (Fsp3) is 0.167. The van der Waals surface area contributed by atoms with E-state index in [-0.39, 0.29) is 5.91 Å². The van der Waals surface area contributed by atoms with Crippen LogP contribution < -0.4 is 10.9 Å². The third kappa shape index (κ3) is 3.54. The van der Waals surface area contributed by atoms with Crippen molar-refractivity contribution in [1.82, 2.24) is 15.8 Å². The lowest BCUT2D eigenvalue weighted by atomic mass is 10.1. The predicted molar refractivity (Wildman–Crippen MR) is 88.5 cm³/mol. The highest BCUT2D eigenvalue weighted by Crippen LogP contribution is 2.14. The third-order valence-electron chi connectivity index (χ3n) is 3.59. The van der Waals surface area contributed by atoms with Crippen molar-refractivity contribution in [2.24, 2.45) is 0 Å². The zero-order valence-corrected chi connectivity index (χ0v) is 12.3. The summed E-state index contributed by atoms with van der Waals surface area (Å²) in [5, 5.41) is 1.04. The maximum atomic E-state index is 12.0. The molecule has 0 unspecified atom stereocenters. The Morgan fingerprint density at radius 1 is 1.00 bits per heavy atom. The minimum Gasteiger partial charge on any atom is -0.350 e. The molecule has 0 aliphatic carbocycles. The van der Waals surface area contributed by atoms with Gasteiger partial charge in [-0.2, -0.15) is 0 Å². The first kappa shape index (κ1) is 14.4. The lowest BCUT2D eigenvalue weighted by Gasteiger charge is -2.06. The van der Waals surface area contributed by atoms with E-state index < -0.39 is 0 Å². The van der Waals surface area contributed by atoms with E-state index in [1.165, 1.54) is 5.56 Å². The Labute approximate surface area is 129 Å².